The minimum Gasteiger partial charge on any atom is -0.496 e. The first kappa shape index (κ1) is 27.5. The van der Waals surface area contributed by atoms with Crippen LogP contribution < -0.4 is 15.4 Å². The normalized spacial score (nSPS) is 19.8. The van der Waals surface area contributed by atoms with Gasteiger partial charge in [0.2, 0.25) is 0 Å². The summed E-state index contributed by atoms with van der Waals surface area (Å²) in [6, 6.07) is 8.68. The monoisotopic (exact) mass is 576 g/mol. The first-order chi connectivity index (χ1) is 15.2. The Kier molecular flexibility index (Phi) is 12.5. The molecule has 0 aromatic heterocycles. The Morgan fingerprint density at radius 1 is 1.19 bits per heavy atom. The van der Waals surface area contributed by atoms with E-state index < -0.39 is 0 Å². The zero-order valence-corrected chi connectivity index (χ0v) is 23.0. The Bertz CT molecular complexity index is 689. The molecule has 2 aliphatic heterocycles. The molecule has 2 N–H and O–H groups in total. The van der Waals surface area contributed by atoms with Gasteiger partial charge in [-0.1, -0.05) is 25.1 Å². The van der Waals surface area contributed by atoms with Crippen molar-refractivity contribution in [3.05, 3.63) is 29.8 Å². The van der Waals surface area contributed by atoms with Crippen molar-refractivity contribution < 1.29 is 9.47 Å². The molecule has 0 aliphatic carbocycles. The van der Waals surface area contributed by atoms with Gasteiger partial charge in [0, 0.05) is 36.6 Å². The van der Waals surface area contributed by atoms with Crippen LogP contribution in [0.1, 0.15) is 51.1 Å². The summed E-state index contributed by atoms with van der Waals surface area (Å²) in [5.74, 6) is 2.98. The van der Waals surface area contributed by atoms with Crippen LogP contribution in [0.15, 0.2) is 29.3 Å². The summed E-state index contributed by atoms with van der Waals surface area (Å²) in [6.45, 7) is 10.8. The molecule has 32 heavy (non-hydrogen) atoms. The van der Waals surface area contributed by atoms with Crippen molar-refractivity contribution in [2.24, 2.45) is 4.99 Å². The zero-order valence-electron chi connectivity index (χ0n) is 19.9. The Balaban J connectivity index is 0.00000363. The molecule has 2 saturated heterocycles. The topological polar surface area (TPSA) is 58.1 Å². The summed E-state index contributed by atoms with van der Waals surface area (Å²) in [4.78, 5) is 7.60. The molecule has 0 amide bonds. The molecule has 6 nitrogen and oxygen atoms in total. The predicted octanol–water partition coefficient (Wildman–Crippen LogP) is 4.31. The molecule has 1 aromatic carbocycles. The number of guanidine groups is 1. The first-order valence-corrected chi connectivity index (χ1v) is 12.8. The molecule has 0 bridgehead atoms. The number of likely N-dealkylation sites (tertiary alicyclic amines) is 1. The number of para-hydroxylation sites is 1. The SMILES string of the molecule is CCNC(=NCC1(SCC)CCOCC1)NCC(c1ccccc1OC)N1CCCC1.I. The molecule has 1 unspecified atom stereocenters. The summed E-state index contributed by atoms with van der Waals surface area (Å²) >= 11 is 2.04. The van der Waals surface area contributed by atoms with E-state index in [2.05, 4.69) is 47.6 Å². The van der Waals surface area contributed by atoms with Crippen molar-refractivity contribution >= 4 is 41.7 Å². The molecule has 2 fully saturated rings. The van der Waals surface area contributed by atoms with Crippen LogP contribution in [-0.4, -0.2) is 74.4 Å². The molecule has 0 spiro atoms. The van der Waals surface area contributed by atoms with Crippen LogP contribution in [0.5, 0.6) is 5.75 Å². The number of rotatable bonds is 10. The maximum absolute atomic E-state index is 5.69. The molecular formula is C24H41IN4O2S. The van der Waals surface area contributed by atoms with Gasteiger partial charge in [0.05, 0.1) is 19.7 Å². The second kappa shape index (κ2) is 14.5. The minimum absolute atomic E-state index is 0. The van der Waals surface area contributed by atoms with E-state index in [1.807, 2.05) is 17.8 Å². The number of ether oxygens (including phenoxy) is 2. The lowest BCUT2D eigenvalue weighted by atomic mass is 9.99. The van der Waals surface area contributed by atoms with Gasteiger partial charge >= 0.3 is 0 Å². The van der Waals surface area contributed by atoms with Gasteiger partial charge < -0.3 is 20.1 Å². The average Bonchev–Trinajstić information content (AvgIpc) is 3.33. The third kappa shape index (κ3) is 7.67. The van der Waals surface area contributed by atoms with E-state index in [0.29, 0.717) is 0 Å². The number of hydrogen-bond donors (Lipinski definition) is 2. The van der Waals surface area contributed by atoms with Gasteiger partial charge in [0.1, 0.15) is 5.75 Å². The van der Waals surface area contributed by atoms with E-state index in [4.69, 9.17) is 14.5 Å². The number of nitrogens with one attached hydrogen (secondary N) is 2. The summed E-state index contributed by atoms with van der Waals surface area (Å²) in [5.41, 5.74) is 1.25. The van der Waals surface area contributed by atoms with Gasteiger partial charge in [-0.2, -0.15) is 11.8 Å². The highest BCUT2D eigenvalue weighted by Gasteiger charge is 2.32. The van der Waals surface area contributed by atoms with Crippen LogP contribution >= 0.6 is 35.7 Å². The lowest BCUT2D eigenvalue weighted by Crippen LogP contribution is -2.44. The van der Waals surface area contributed by atoms with Crippen LogP contribution in [0.4, 0.5) is 0 Å². The fraction of sp³-hybridized carbons (Fsp3) is 0.708. The highest BCUT2D eigenvalue weighted by Crippen LogP contribution is 2.36. The maximum Gasteiger partial charge on any atom is 0.191 e. The molecule has 1 aromatic rings. The van der Waals surface area contributed by atoms with Gasteiger partial charge in [-0.3, -0.25) is 9.89 Å². The summed E-state index contributed by atoms with van der Waals surface area (Å²) in [7, 11) is 1.76. The zero-order chi connectivity index (χ0) is 21.9. The number of benzene rings is 1. The smallest absolute Gasteiger partial charge is 0.191 e. The summed E-state index contributed by atoms with van der Waals surface area (Å²) < 4.78 is 11.5. The van der Waals surface area contributed by atoms with E-state index in [1.54, 1.807) is 7.11 Å². The number of methoxy groups -OCH3 is 1. The highest BCUT2D eigenvalue weighted by molar-refractivity contribution is 14.0. The van der Waals surface area contributed by atoms with E-state index in [9.17, 15) is 0 Å². The Hall–Kier alpha value is -0.710. The Morgan fingerprint density at radius 2 is 1.91 bits per heavy atom. The van der Waals surface area contributed by atoms with E-state index in [-0.39, 0.29) is 34.8 Å². The second-order valence-corrected chi connectivity index (χ2v) is 10.0. The highest BCUT2D eigenvalue weighted by atomic mass is 127. The number of nitrogens with zero attached hydrogens (tertiary/aromatic N) is 2. The summed E-state index contributed by atoms with van der Waals surface area (Å²) in [5, 5.41) is 7.10. The molecule has 0 radical (unpaired) electrons. The molecule has 1 atom stereocenters. The van der Waals surface area contributed by atoms with Gasteiger partial charge in [0.25, 0.3) is 0 Å². The minimum atomic E-state index is 0. The standard InChI is InChI=1S/C24H40N4O2S.HI/c1-4-25-23(27-19-24(31-5-2)12-16-30-17-13-24)26-18-21(28-14-8-9-15-28)20-10-6-7-11-22(20)29-3;/h6-7,10-11,21H,4-5,8-9,12-19H2,1-3H3,(H2,25,26,27);1H. The van der Waals surface area contributed by atoms with Crippen molar-refractivity contribution in [2.75, 3.05) is 58.8 Å². The van der Waals surface area contributed by atoms with Crippen molar-refractivity contribution in [2.45, 2.75) is 50.3 Å². The molecular weight excluding hydrogens is 535 g/mol. The van der Waals surface area contributed by atoms with Crippen LogP contribution in [0.3, 0.4) is 0 Å². The molecule has 2 heterocycles. The lowest BCUT2D eigenvalue weighted by Gasteiger charge is -2.35. The van der Waals surface area contributed by atoms with Crippen molar-refractivity contribution in [3.63, 3.8) is 0 Å². The molecule has 8 heteroatoms. The van der Waals surface area contributed by atoms with Gasteiger partial charge in [-0.25, -0.2) is 0 Å². The Labute approximate surface area is 215 Å². The summed E-state index contributed by atoms with van der Waals surface area (Å²) in [6.07, 6.45) is 4.68. The maximum atomic E-state index is 5.69. The first-order valence-electron chi connectivity index (χ1n) is 11.8. The van der Waals surface area contributed by atoms with Crippen LogP contribution in [0.25, 0.3) is 0 Å². The second-order valence-electron chi connectivity index (χ2n) is 8.31. The predicted molar refractivity (Wildman–Crippen MR) is 147 cm³/mol. The van der Waals surface area contributed by atoms with Crippen molar-refractivity contribution in [3.8, 4) is 5.75 Å². The van der Waals surface area contributed by atoms with E-state index in [0.717, 1.165) is 76.2 Å². The van der Waals surface area contributed by atoms with Gasteiger partial charge in [0.15, 0.2) is 5.96 Å². The van der Waals surface area contributed by atoms with Gasteiger partial charge in [-0.15, -0.1) is 24.0 Å². The average molecular weight is 577 g/mol. The van der Waals surface area contributed by atoms with E-state index in [1.165, 1.54) is 18.4 Å². The van der Waals surface area contributed by atoms with Crippen LogP contribution in [0.2, 0.25) is 0 Å². The molecule has 2 aliphatic rings. The van der Waals surface area contributed by atoms with Gasteiger partial charge in [-0.05, 0) is 57.5 Å². The molecule has 0 saturated carbocycles. The largest absolute Gasteiger partial charge is 0.496 e. The number of halogens is 1. The fourth-order valence-corrected chi connectivity index (χ4v) is 5.81. The van der Waals surface area contributed by atoms with Crippen LogP contribution in [0, 0.1) is 0 Å². The van der Waals surface area contributed by atoms with Crippen molar-refractivity contribution in [1.82, 2.24) is 15.5 Å². The number of aliphatic imine (C=N–C) groups is 1. The third-order valence-corrected chi connectivity index (χ3v) is 7.70. The number of thioether (sulfide) groups is 1. The quantitative estimate of drug-likeness (QED) is 0.246. The van der Waals surface area contributed by atoms with Crippen LogP contribution in [-0.2, 0) is 4.74 Å². The third-order valence-electron chi connectivity index (χ3n) is 6.27. The van der Waals surface area contributed by atoms with E-state index >= 15 is 0 Å². The molecule has 3 rings (SSSR count). The van der Waals surface area contributed by atoms with Crippen molar-refractivity contribution in [1.29, 1.82) is 0 Å². The number of hydrogen-bond acceptors (Lipinski definition) is 5. The Morgan fingerprint density at radius 3 is 2.56 bits per heavy atom. The fourth-order valence-electron chi connectivity index (χ4n) is 4.59. The molecule has 182 valence electrons. The lowest BCUT2D eigenvalue weighted by molar-refractivity contribution is 0.0793.